The van der Waals surface area contributed by atoms with Crippen molar-refractivity contribution in [2.24, 2.45) is 0 Å². The van der Waals surface area contributed by atoms with E-state index < -0.39 is 0 Å². The normalized spacial score (nSPS) is 23.4. The van der Waals surface area contributed by atoms with Crippen LogP contribution >= 0.6 is 0 Å². The lowest BCUT2D eigenvalue weighted by molar-refractivity contribution is 0.243. The minimum absolute atomic E-state index is 0.474. The van der Waals surface area contributed by atoms with E-state index in [-0.39, 0.29) is 0 Å². The molecule has 122 valence electrons. The highest BCUT2D eigenvalue weighted by atomic mass is 15.1. The average Bonchev–Trinajstić information content (AvgIpc) is 2.90. The molecule has 0 spiro atoms. The molecular weight excluding hydrogens is 296 g/mol. The fraction of sp³-hybridized carbons (Fsp3) is 0.400. The molecule has 2 aliphatic rings. The molecule has 0 fully saturated rings. The number of aromatic nitrogens is 3. The molecular formula is C20H22N4. The summed E-state index contributed by atoms with van der Waals surface area (Å²) < 4.78 is 2.58. The molecule has 2 aliphatic heterocycles. The molecule has 2 unspecified atom stereocenters. The first-order valence-electron chi connectivity index (χ1n) is 8.77. The van der Waals surface area contributed by atoms with Gasteiger partial charge in [0.2, 0.25) is 0 Å². The van der Waals surface area contributed by atoms with Gasteiger partial charge in [-0.3, -0.25) is 0 Å². The van der Waals surface area contributed by atoms with E-state index in [4.69, 9.17) is 0 Å². The fourth-order valence-corrected chi connectivity index (χ4v) is 4.77. The quantitative estimate of drug-likeness (QED) is 0.689. The zero-order valence-electron chi connectivity index (χ0n) is 14.2. The van der Waals surface area contributed by atoms with Gasteiger partial charge in [0, 0.05) is 60.0 Å². The van der Waals surface area contributed by atoms with Crippen molar-refractivity contribution in [1.82, 2.24) is 19.4 Å². The molecule has 5 rings (SSSR count). The summed E-state index contributed by atoms with van der Waals surface area (Å²) in [5, 5.41) is 1.45. The summed E-state index contributed by atoms with van der Waals surface area (Å²) in [6, 6.07) is 9.00. The molecule has 24 heavy (non-hydrogen) atoms. The second kappa shape index (κ2) is 5.15. The van der Waals surface area contributed by atoms with Gasteiger partial charge in [-0.1, -0.05) is 11.6 Å². The van der Waals surface area contributed by atoms with E-state index in [0.717, 1.165) is 19.6 Å². The minimum atomic E-state index is 0.474. The molecule has 3 aromatic rings. The Labute approximate surface area is 142 Å². The van der Waals surface area contributed by atoms with Crippen LogP contribution in [0.1, 0.15) is 40.8 Å². The van der Waals surface area contributed by atoms with E-state index in [9.17, 15) is 0 Å². The molecule has 0 radical (unpaired) electrons. The summed E-state index contributed by atoms with van der Waals surface area (Å²) in [5.41, 5.74) is 7.05. The predicted molar refractivity (Wildman–Crippen MR) is 95.1 cm³/mol. The molecule has 4 nitrogen and oxygen atoms in total. The Morgan fingerprint density at radius 2 is 2.04 bits per heavy atom. The first-order chi connectivity index (χ1) is 11.7. The van der Waals surface area contributed by atoms with Crippen LogP contribution in [0.3, 0.4) is 0 Å². The first kappa shape index (κ1) is 14.2. The smallest absolute Gasteiger partial charge is 0.115 e. The zero-order chi connectivity index (χ0) is 16.3. The first-order valence-corrected chi connectivity index (χ1v) is 8.77. The molecule has 1 aromatic carbocycles. The van der Waals surface area contributed by atoms with Crippen molar-refractivity contribution in [3.8, 4) is 0 Å². The molecule has 2 atom stereocenters. The van der Waals surface area contributed by atoms with Crippen LogP contribution < -0.4 is 0 Å². The maximum atomic E-state index is 4.54. The molecule has 4 heteroatoms. The number of aryl methyl sites for hydroxylation is 1. The van der Waals surface area contributed by atoms with Crippen LogP contribution in [0, 0.1) is 6.92 Å². The summed E-state index contributed by atoms with van der Waals surface area (Å²) in [5.74, 6) is 1.07. The van der Waals surface area contributed by atoms with Crippen molar-refractivity contribution in [3.63, 3.8) is 0 Å². The lowest BCUT2D eigenvalue weighted by Gasteiger charge is -2.38. The van der Waals surface area contributed by atoms with E-state index in [1.165, 1.54) is 28.6 Å². The van der Waals surface area contributed by atoms with Gasteiger partial charge in [-0.15, -0.1) is 0 Å². The lowest BCUT2D eigenvalue weighted by Crippen LogP contribution is -2.35. The predicted octanol–water partition coefficient (Wildman–Crippen LogP) is 3.46. The van der Waals surface area contributed by atoms with Crippen LogP contribution in [0.4, 0.5) is 0 Å². The maximum Gasteiger partial charge on any atom is 0.115 e. The third-order valence-corrected chi connectivity index (χ3v) is 5.71. The number of hydrogen-bond acceptors (Lipinski definition) is 3. The van der Waals surface area contributed by atoms with E-state index in [1.54, 1.807) is 17.6 Å². The van der Waals surface area contributed by atoms with Gasteiger partial charge in [0.1, 0.15) is 6.33 Å². The number of fused-ring (bicyclic) bond motifs is 3. The molecule has 0 bridgehead atoms. The fourth-order valence-electron chi connectivity index (χ4n) is 4.77. The minimum Gasteiger partial charge on any atom is -0.343 e. The van der Waals surface area contributed by atoms with Crippen molar-refractivity contribution >= 4 is 10.9 Å². The Morgan fingerprint density at radius 3 is 2.88 bits per heavy atom. The maximum absolute atomic E-state index is 4.54. The van der Waals surface area contributed by atoms with Crippen LogP contribution in [0.25, 0.3) is 10.9 Å². The molecule has 2 aromatic heterocycles. The van der Waals surface area contributed by atoms with Gasteiger partial charge >= 0.3 is 0 Å². The van der Waals surface area contributed by atoms with Crippen molar-refractivity contribution in [2.45, 2.75) is 38.3 Å². The van der Waals surface area contributed by atoms with Crippen molar-refractivity contribution in [1.29, 1.82) is 0 Å². The van der Waals surface area contributed by atoms with Crippen LogP contribution in [-0.4, -0.2) is 33.0 Å². The summed E-state index contributed by atoms with van der Waals surface area (Å²) in [6.45, 7) is 5.43. The number of likely N-dealkylation sites (N-methyl/N-ethyl adjacent to an activating group) is 1. The number of nitrogens with zero attached hydrogens (tertiary/aromatic N) is 4. The summed E-state index contributed by atoms with van der Waals surface area (Å²) in [4.78, 5) is 11.1. The standard InChI is InChI=1S/C20H22N4/c1-13-3-4-19-16(7-13)17-11-23(2)9-15-8-14(10-24(19)20(15)17)18-5-6-21-12-22-18/h3-7,12,14-15H,8-11H2,1-2H3. The summed E-state index contributed by atoms with van der Waals surface area (Å²) in [7, 11) is 2.25. The van der Waals surface area contributed by atoms with Crippen molar-refractivity contribution in [2.75, 3.05) is 13.6 Å². The number of hydrogen-bond donors (Lipinski definition) is 0. The van der Waals surface area contributed by atoms with E-state index in [0.29, 0.717) is 11.8 Å². The van der Waals surface area contributed by atoms with Crippen molar-refractivity contribution in [3.05, 3.63) is 59.3 Å². The SMILES string of the molecule is Cc1ccc2c(c1)c1c3n2CC(c2ccncn2)CC3CN(C)C1. The Kier molecular flexibility index (Phi) is 3.04. The number of benzene rings is 1. The van der Waals surface area contributed by atoms with Gasteiger partial charge in [0.05, 0.1) is 0 Å². The van der Waals surface area contributed by atoms with Gasteiger partial charge in [0.25, 0.3) is 0 Å². The summed E-state index contributed by atoms with van der Waals surface area (Å²) >= 11 is 0. The van der Waals surface area contributed by atoms with E-state index in [2.05, 4.69) is 57.7 Å². The van der Waals surface area contributed by atoms with Gasteiger partial charge < -0.3 is 9.47 Å². The average molecular weight is 318 g/mol. The molecule has 0 amide bonds. The van der Waals surface area contributed by atoms with Gasteiger partial charge in [-0.05, 0) is 44.2 Å². The van der Waals surface area contributed by atoms with Gasteiger partial charge in [-0.2, -0.15) is 0 Å². The second-order valence-corrected chi connectivity index (χ2v) is 7.46. The third-order valence-electron chi connectivity index (χ3n) is 5.71. The molecule has 0 saturated carbocycles. The Hall–Kier alpha value is -2.20. The summed E-state index contributed by atoms with van der Waals surface area (Å²) in [6.07, 6.45) is 4.73. The second-order valence-electron chi connectivity index (χ2n) is 7.46. The van der Waals surface area contributed by atoms with Gasteiger partial charge in [-0.25, -0.2) is 9.97 Å². The van der Waals surface area contributed by atoms with E-state index in [1.807, 2.05) is 6.20 Å². The Balaban J connectivity index is 1.71. The van der Waals surface area contributed by atoms with Gasteiger partial charge in [0.15, 0.2) is 0 Å². The monoisotopic (exact) mass is 318 g/mol. The third kappa shape index (κ3) is 2.02. The largest absolute Gasteiger partial charge is 0.343 e. The molecule has 0 aliphatic carbocycles. The molecule has 4 heterocycles. The zero-order valence-corrected chi connectivity index (χ0v) is 14.2. The highest BCUT2D eigenvalue weighted by Crippen LogP contribution is 2.45. The Morgan fingerprint density at radius 1 is 1.12 bits per heavy atom. The van der Waals surface area contributed by atoms with Crippen LogP contribution in [0.5, 0.6) is 0 Å². The number of rotatable bonds is 1. The van der Waals surface area contributed by atoms with Crippen molar-refractivity contribution < 1.29 is 0 Å². The molecule has 0 saturated heterocycles. The van der Waals surface area contributed by atoms with Crippen LogP contribution in [-0.2, 0) is 13.1 Å². The highest BCUT2D eigenvalue weighted by Gasteiger charge is 2.36. The Bertz CT molecular complexity index is 912. The van der Waals surface area contributed by atoms with Crippen LogP contribution in [0.15, 0.2) is 36.8 Å². The highest BCUT2D eigenvalue weighted by molar-refractivity contribution is 5.87. The lowest BCUT2D eigenvalue weighted by atomic mass is 9.82. The topological polar surface area (TPSA) is 34.0 Å². The van der Waals surface area contributed by atoms with Crippen LogP contribution in [0.2, 0.25) is 0 Å². The van der Waals surface area contributed by atoms with E-state index >= 15 is 0 Å². The molecule has 0 N–H and O–H groups in total.